The van der Waals surface area contributed by atoms with Gasteiger partial charge in [-0.25, -0.2) is 0 Å². The van der Waals surface area contributed by atoms with Crippen LogP contribution in [0.5, 0.6) is 5.75 Å². The Hall–Kier alpha value is -3.55. The summed E-state index contributed by atoms with van der Waals surface area (Å²) in [5.41, 5.74) is 10.4. The minimum atomic E-state index is -0.277. The second kappa shape index (κ2) is 13.3. The first-order chi connectivity index (χ1) is 21.3. The summed E-state index contributed by atoms with van der Waals surface area (Å²) in [7, 11) is 0. The molecule has 3 heterocycles. The molecule has 0 radical (unpaired) electrons. The molecule has 0 fully saturated rings. The van der Waals surface area contributed by atoms with Gasteiger partial charge in [0.25, 0.3) is 0 Å². The average molecular weight is 656 g/mol. The minimum absolute atomic E-state index is 0.00590. The maximum Gasteiger partial charge on any atom is 0.224 e. The highest BCUT2D eigenvalue weighted by Crippen LogP contribution is 2.40. The average Bonchev–Trinajstić information content (AvgIpc) is 2.93. The number of hydrogen-bond acceptors (Lipinski definition) is 6. The maximum absolute atomic E-state index is 11.8. The van der Waals surface area contributed by atoms with Gasteiger partial charge in [-0.05, 0) is 140 Å². The lowest BCUT2D eigenvalue weighted by molar-refractivity contribution is -0.117. The first-order valence-corrected chi connectivity index (χ1v) is 17.3. The number of nitrogens with zero attached hydrogens (tertiary/aromatic N) is 1. The number of fused-ring (bicyclic) bond motifs is 3. The maximum atomic E-state index is 11.8. The highest BCUT2D eigenvalue weighted by Gasteiger charge is 2.34. The van der Waals surface area contributed by atoms with Crippen molar-refractivity contribution in [1.29, 1.82) is 0 Å². The van der Waals surface area contributed by atoms with Crippen molar-refractivity contribution in [3.63, 3.8) is 0 Å². The second-order valence-electron chi connectivity index (χ2n) is 14.0. The molecule has 0 saturated carbocycles. The SMILES string of the molecule is CC(=O)N1c2ccc(S)cc2C(C)=CC1(C)C.CC1=CC(C)(C)Nc2ccc(O)cc21.CSc1ccc2c(c1)C(C)=CC(C)(C)N2. The van der Waals surface area contributed by atoms with Crippen molar-refractivity contribution >= 4 is 64.1 Å². The summed E-state index contributed by atoms with van der Waals surface area (Å²) in [6.45, 7) is 20.7. The van der Waals surface area contributed by atoms with Gasteiger partial charge in [0.15, 0.2) is 0 Å². The molecule has 5 nitrogen and oxygen atoms in total. The van der Waals surface area contributed by atoms with Crippen molar-refractivity contribution in [2.45, 2.75) is 95.6 Å². The lowest BCUT2D eigenvalue weighted by Crippen LogP contribution is -2.47. The fourth-order valence-electron chi connectivity index (χ4n) is 6.65. The smallest absolute Gasteiger partial charge is 0.224 e. The second-order valence-corrected chi connectivity index (χ2v) is 15.4. The lowest BCUT2D eigenvalue weighted by Gasteiger charge is -2.41. The number of thiol groups is 1. The topological polar surface area (TPSA) is 64.6 Å². The van der Waals surface area contributed by atoms with E-state index >= 15 is 0 Å². The Bertz CT molecular complexity index is 1750. The van der Waals surface area contributed by atoms with Crippen molar-refractivity contribution in [2.75, 3.05) is 21.8 Å². The van der Waals surface area contributed by atoms with Crippen molar-refractivity contribution in [1.82, 2.24) is 0 Å². The van der Waals surface area contributed by atoms with Gasteiger partial charge in [0.2, 0.25) is 5.91 Å². The predicted octanol–water partition coefficient (Wildman–Crippen LogP) is 10.5. The molecule has 3 aliphatic heterocycles. The number of amides is 1. The number of phenols is 1. The number of carbonyl (C=O) groups is 1. The van der Waals surface area contributed by atoms with Crippen LogP contribution in [-0.2, 0) is 4.79 Å². The van der Waals surface area contributed by atoms with Crippen molar-refractivity contribution < 1.29 is 9.90 Å². The summed E-state index contributed by atoms with van der Waals surface area (Å²) in [6, 6.07) is 17.9. The zero-order valence-electron chi connectivity index (χ0n) is 29.1. The molecule has 1 amide bonds. The summed E-state index contributed by atoms with van der Waals surface area (Å²) >= 11 is 6.14. The Kier molecular flexibility index (Phi) is 10.2. The molecule has 0 unspecified atom stereocenters. The zero-order chi connectivity index (χ0) is 34.2. The Morgan fingerprint density at radius 3 is 1.80 bits per heavy atom. The molecule has 244 valence electrons. The van der Waals surface area contributed by atoms with E-state index in [4.69, 9.17) is 0 Å². The van der Waals surface area contributed by atoms with Gasteiger partial charge in [-0.3, -0.25) is 4.79 Å². The molecule has 3 aromatic rings. The highest BCUT2D eigenvalue weighted by atomic mass is 32.2. The number of rotatable bonds is 1. The van der Waals surface area contributed by atoms with Crippen LogP contribution < -0.4 is 15.5 Å². The molecule has 3 N–H and O–H groups in total. The lowest BCUT2D eigenvalue weighted by atomic mass is 9.89. The van der Waals surface area contributed by atoms with Gasteiger partial charge in [0.1, 0.15) is 5.75 Å². The molecule has 6 rings (SSSR count). The summed E-state index contributed by atoms with van der Waals surface area (Å²) in [6.07, 6.45) is 8.71. The molecule has 0 bridgehead atoms. The third kappa shape index (κ3) is 8.05. The number of anilines is 3. The summed E-state index contributed by atoms with van der Waals surface area (Å²) in [5.74, 6) is 0.380. The van der Waals surface area contributed by atoms with Gasteiger partial charge < -0.3 is 20.6 Å². The number of allylic oxidation sites excluding steroid dienone is 3. The Morgan fingerprint density at radius 2 is 1.26 bits per heavy atom. The van der Waals surface area contributed by atoms with E-state index in [0.29, 0.717) is 5.75 Å². The van der Waals surface area contributed by atoms with E-state index in [1.54, 1.807) is 30.8 Å². The van der Waals surface area contributed by atoms with Crippen LogP contribution >= 0.6 is 24.4 Å². The molecule has 0 saturated heterocycles. The normalized spacial score (nSPS) is 17.7. The fourth-order valence-corrected chi connectivity index (χ4v) is 7.29. The number of benzene rings is 3. The van der Waals surface area contributed by atoms with Crippen LogP contribution in [0.3, 0.4) is 0 Å². The van der Waals surface area contributed by atoms with Crippen LogP contribution in [0.4, 0.5) is 17.1 Å². The third-order valence-electron chi connectivity index (χ3n) is 8.25. The monoisotopic (exact) mass is 655 g/mol. The van der Waals surface area contributed by atoms with Crippen LogP contribution in [0.2, 0.25) is 0 Å². The quantitative estimate of drug-likeness (QED) is 0.119. The number of aromatic hydroxyl groups is 1. The highest BCUT2D eigenvalue weighted by molar-refractivity contribution is 7.98. The first-order valence-electron chi connectivity index (χ1n) is 15.6. The molecule has 7 heteroatoms. The molecule has 0 spiro atoms. The van der Waals surface area contributed by atoms with Gasteiger partial charge in [-0.15, -0.1) is 24.4 Å². The molecular weight excluding hydrogens is 607 g/mol. The van der Waals surface area contributed by atoms with Gasteiger partial charge in [0, 0.05) is 44.8 Å². The van der Waals surface area contributed by atoms with Gasteiger partial charge in [-0.2, -0.15) is 0 Å². The zero-order valence-corrected chi connectivity index (χ0v) is 30.8. The summed E-state index contributed by atoms with van der Waals surface area (Å²) in [5, 5.41) is 16.3. The number of thioether (sulfide) groups is 1. The number of nitrogens with one attached hydrogen (secondary N) is 2. The van der Waals surface area contributed by atoms with Crippen LogP contribution in [0.25, 0.3) is 16.7 Å². The van der Waals surface area contributed by atoms with Gasteiger partial charge >= 0.3 is 0 Å². The third-order valence-corrected chi connectivity index (χ3v) is 9.26. The van der Waals surface area contributed by atoms with E-state index in [1.165, 1.54) is 32.9 Å². The van der Waals surface area contributed by atoms with E-state index in [0.717, 1.165) is 27.4 Å². The predicted molar refractivity (Wildman–Crippen MR) is 204 cm³/mol. The Labute approximate surface area is 285 Å². The van der Waals surface area contributed by atoms with E-state index in [2.05, 4.69) is 128 Å². The van der Waals surface area contributed by atoms with Crippen LogP contribution in [0.15, 0.2) is 82.6 Å². The fraction of sp³-hybridized carbons (Fsp3) is 0.359. The molecule has 3 aliphatic rings. The Morgan fingerprint density at radius 1 is 0.739 bits per heavy atom. The van der Waals surface area contributed by atoms with Crippen molar-refractivity contribution in [3.05, 3.63) is 89.5 Å². The number of carbonyl (C=O) groups excluding carboxylic acids is 1. The summed E-state index contributed by atoms with van der Waals surface area (Å²) in [4.78, 5) is 15.9. The van der Waals surface area contributed by atoms with Crippen molar-refractivity contribution in [2.24, 2.45) is 0 Å². The standard InChI is InChI=1S/C14H17NOS.C13H17NS.C12H15NO/c1-9-8-14(3,4)15(10(2)16)13-6-5-11(17)7-12(9)13;1-9-8-13(2,3)14-12-6-5-10(15-4)7-11(9)12;1-8-7-12(2,3)13-11-5-4-9(14)6-10(8)11/h5-8,17H,1-4H3;5-8,14H,1-4H3;4-7,13-14H,1-3H3. The molecule has 0 atom stereocenters. The molecule has 46 heavy (non-hydrogen) atoms. The Balaban J connectivity index is 0.000000157. The van der Waals surface area contributed by atoms with Gasteiger partial charge in [0.05, 0.1) is 22.3 Å². The van der Waals surface area contributed by atoms with Crippen LogP contribution in [0.1, 0.15) is 85.9 Å². The molecular formula is C39H49N3O2S2. The molecule has 3 aromatic carbocycles. The first kappa shape index (κ1) is 35.3. The number of hydrogen-bond donors (Lipinski definition) is 4. The number of phenolic OH excluding ortho intramolecular Hbond substituents is 1. The van der Waals surface area contributed by atoms with Gasteiger partial charge in [-0.1, -0.05) is 18.2 Å². The van der Waals surface area contributed by atoms with E-state index in [1.807, 2.05) is 29.2 Å². The summed E-state index contributed by atoms with van der Waals surface area (Å²) < 4.78 is 0. The van der Waals surface area contributed by atoms with E-state index < -0.39 is 0 Å². The van der Waals surface area contributed by atoms with E-state index in [9.17, 15) is 9.90 Å². The van der Waals surface area contributed by atoms with Crippen LogP contribution in [-0.4, -0.2) is 33.9 Å². The minimum Gasteiger partial charge on any atom is -0.508 e. The van der Waals surface area contributed by atoms with Crippen molar-refractivity contribution in [3.8, 4) is 5.75 Å². The van der Waals surface area contributed by atoms with Crippen LogP contribution in [0, 0.1) is 0 Å². The largest absolute Gasteiger partial charge is 0.508 e. The molecule has 0 aromatic heterocycles. The van der Waals surface area contributed by atoms with E-state index in [-0.39, 0.29) is 22.5 Å². The molecule has 0 aliphatic carbocycles.